The van der Waals surface area contributed by atoms with Crippen LogP contribution in [0.1, 0.15) is 5.56 Å². The van der Waals surface area contributed by atoms with Crippen LogP contribution in [0.5, 0.6) is 0 Å². The molecule has 2 rings (SSSR count). The van der Waals surface area contributed by atoms with Gasteiger partial charge in [-0.3, -0.25) is 0 Å². The van der Waals surface area contributed by atoms with Crippen molar-refractivity contribution >= 4 is 24.2 Å². The Morgan fingerprint density at radius 2 is 1.56 bits per heavy atom. The lowest BCUT2D eigenvalue weighted by atomic mass is 10.2. The quantitative estimate of drug-likeness (QED) is 0.820. The predicted molar refractivity (Wildman–Crippen MR) is 81.6 cm³/mol. The van der Waals surface area contributed by atoms with E-state index in [4.69, 9.17) is 0 Å². The molecule has 0 N–H and O–H groups in total. The highest BCUT2D eigenvalue weighted by atomic mass is 35.5. The normalized spacial score (nSPS) is 10.2. The summed E-state index contributed by atoms with van der Waals surface area (Å²) in [5, 5.41) is 0. The molecule has 0 aromatic heterocycles. The molecule has 18 heavy (non-hydrogen) atoms. The lowest BCUT2D eigenvalue weighted by Crippen LogP contribution is -2.10. The lowest BCUT2D eigenvalue weighted by molar-refractivity contribution is 0.402. The number of halogens is 1. The first kappa shape index (κ1) is 15.1. The fraction of sp³-hybridized carbons (Fsp3) is 0.200. The minimum absolute atomic E-state index is 0. The summed E-state index contributed by atoms with van der Waals surface area (Å²) in [5.74, 6) is 0. The molecule has 0 atom stereocenters. The Kier molecular flexibility index (Phi) is 6.27. The van der Waals surface area contributed by atoms with Crippen molar-refractivity contribution in [3.05, 3.63) is 60.2 Å². The molecule has 2 aromatic rings. The average Bonchev–Trinajstić information content (AvgIpc) is 2.30. The predicted octanol–water partition coefficient (Wildman–Crippen LogP) is 4.32. The summed E-state index contributed by atoms with van der Waals surface area (Å²) in [6, 6.07) is 19.2. The molecule has 0 aliphatic carbocycles. The van der Waals surface area contributed by atoms with E-state index in [0.717, 1.165) is 6.54 Å². The molecular formula is C15H18ClNS. The Labute approximate surface area is 120 Å². The van der Waals surface area contributed by atoms with Crippen LogP contribution in [0.2, 0.25) is 0 Å². The molecule has 0 heterocycles. The van der Waals surface area contributed by atoms with Crippen molar-refractivity contribution in [2.75, 3.05) is 14.1 Å². The summed E-state index contributed by atoms with van der Waals surface area (Å²) in [6.45, 7) is 0.989. The van der Waals surface area contributed by atoms with Gasteiger partial charge in [0.05, 0.1) is 0 Å². The highest BCUT2D eigenvalue weighted by molar-refractivity contribution is 7.99. The molecule has 0 saturated carbocycles. The molecule has 0 spiro atoms. The maximum atomic E-state index is 2.26. The first-order chi connectivity index (χ1) is 8.24. The van der Waals surface area contributed by atoms with Gasteiger partial charge >= 0.3 is 0 Å². The first-order valence-corrected chi connectivity index (χ1v) is 6.52. The zero-order valence-corrected chi connectivity index (χ0v) is 12.3. The molecular weight excluding hydrogens is 262 g/mol. The summed E-state index contributed by atoms with van der Waals surface area (Å²) >= 11 is 1.81. The minimum Gasteiger partial charge on any atom is -0.305 e. The summed E-state index contributed by atoms with van der Waals surface area (Å²) in [7, 11) is 4.19. The van der Waals surface area contributed by atoms with E-state index in [2.05, 4.69) is 67.5 Å². The molecule has 0 radical (unpaired) electrons. The minimum atomic E-state index is 0. The van der Waals surface area contributed by atoms with Gasteiger partial charge in [-0.25, -0.2) is 0 Å². The van der Waals surface area contributed by atoms with Gasteiger partial charge in [0.1, 0.15) is 0 Å². The van der Waals surface area contributed by atoms with Gasteiger partial charge in [-0.15, -0.1) is 12.4 Å². The molecule has 0 bridgehead atoms. The summed E-state index contributed by atoms with van der Waals surface area (Å²) in [4.78, 5) is 4.77. The average molecular weight is 280 g/mol. The first-order valence-electron chi connectivity index (χ1n) is 5.70. The van der Waals surface area contributed by atoms with E-state index in [0.29, 0.717) is 0 Å². The molecule has 1 nitrogen and oxygen atoms in total. The third-order valence-corrected chi connectivity index (χ3v) is 3.37. The third kappa shape index (κ3) is 4.73. The van der Waals surface area contributed by atoms with Crippen LogP contribution in [0, 0.1) is 0 Å². The van der Waals surface area contributed by atoms with E-state index < -0.39 is 0 Å². The van der Waals surface area contributed by atoms with Gasteiger partial charge in [-0.05, 0) is 43.9 Å². The lowest BCUT2D eigenvalue weighted by Gasteiger charge is -2.10. The van der Waals surface area contributed by atoms with Crippen LogP contribution in [0.3, 0.4) is 0 Å². The van der Waals surface area contributed by atoms with Crippen molar-refractivity contribution < 1.29 is 0 Å². The number of nitrogens with zero attached hydrogens (tertiary/aromatic N) is 1. The zero-order valence-electron chi connectivity index (χ0n) is 10.7. The Balaban J connectivity index is 0.00000162. The van der Waals surface area contributed by atoms with E-state index in [1.54, 1.807) is 0 Å². The summed E-state index contributed by atoms with van der Waals surface area (Å²) < 4.78 is 0. The molecule has 2 aromatic carbocycles. The van der Waals surface area contributed by atoms with Crippen molar-refractivity contribution in [3.63, 3.8) is 0 Å². The monoisotopic (exact) mass is 279 g/mol. The second kappa shape index (κ2) is 7.47. The largest absolute Gasteiger partial charge is 0.305 e. The number of benzene rings is 2. The van der Waals surface area contributed by atoms with E-state index in [1.165, 1.54) is 15.4 Å². The highest BCUT2D eigenvalue weighted by Gasteiger charge is 1.99. The Hall–Kier alpha value is -0.960. The Morgan fingerprint density at radius 3 is 2.22 bits per heavy atom. The van der Waals surface area contributed by atoms with Gasteiger partial charge in [-0.2, -0.15) is 0 Å². The van der Waals surface area contributed by atoms with Crippen LogP contribution in [0.25, 0.3) is 0 Å². The Morgan fingerprint density at radius 1 is 0.889 bits per heavy atom. The van der Waals surface area contributed by atoms with Crippen molar-refractivity contribution in [2.45, 2.75) is 16.3 Å². The van der Waals surface area contributed by atoms with Gasteiger partial charge in [0.2, 0.25) is 0 Å². The maximum Gasteiger partial charge on any atom is 0.0228 e. The van der Waals surface area contributed by atoms with Crippen molar-refractivity contribution in [3.8, 4) is 0 Å². The van der Waals surface area contributed by atoms with Crippen LogP contribution in [-0.4, -0.2) is 19.0 Å². The van der Waals surface area contributed by atoms with E-state index >= 15 is 0 Å². The third-order valence-electron chi connectivity index (χ3n) is 2.38. The van der Waals surface area contributed by atoms with Crippen LogP contribution in [-0.2, 0) is 6.54 Å². The standard InChI is InChI=1S/C15H17NS.ClH/c1-16(2)12-13-7-6-10-15(11-13)17-14-8-4-3-5-9-14;/h3-11H,12H2,1-2H3;1H. The topological polar surface area (TPSA) is 3.24 Å². The van der Waals surface area contributed by atoms with E-state index in [9.17, 15) is 0 Å². The van der Waals surface area contributed by atoms with Crippen LogP contribution < -0.4 is 0 Å². The van der Waals surface area contributed by atoms with Crippen LogP contribution in [0.4, 0.5) is 0 Å². The molecule has 0 aliphatic rings. The molecule has 3 heteroatoms. The van der Waals surface area contributed by atoms with Crippen LogP contribution in [0.15, 0.2) is 64.4 Å². The SMILES string of the molecule is CN(C)Cc1cccc(Sc2ccccc2)c1.Cl. The summed E-state index contributed by atoms with van der Waals surface area (Å²) in [6.07, 6.45) is 0. The zero-order chi connectivity index (χ0) is 12.1. The van der Waals surface area contributed by atoms with Gasteiger partial charge in [0.25, 0.3) is 0 Å². The fourth-order valence-corrected chi connectivity index (χ4v) is 2.62. The van der Waals surface area contributed by atoms with E-state index in [1.807, 2.05) is 17.8 Å². The Bertz CT molecular complexity index is 471. The maximum absolute atomic E-state index is 2.26. The molecule has 96 valence electrons. The smallest absolute Gasteiger partial charge is 0.0228 e. The second-order valence-corrected chi connectivity index (χ2v) is 5.45. The molecule has 0 fully saturated rings. The van der Waals surface area contributed by atoms with E-state index in [-0.39, 0.29) is 12.4 Å². The van der Waals surface area contributed by atoms with Crippen LogP contribution >= 0.6 is 24.2 Å². The molecule has 0 amide bonds. The van der Waals surface area contributed by atoms with Gasteiger partial charge in [0.15, 0.2) is 0 Å². The van der Waals surface area contributed by atoms with Gasteiger partial charge in [-0.1, -0.05) is 42.1 Å². The second-order valence-electron chi connectivity index (χ2n) is 4.30. The highest BCUT2D eigenvalue weighted by Crippen LogP contribution is 2.27. The molecule has 0 aliphatic heterocycles. The fourth-order valence-electron chi connectivity index (χ4n) is 1.70. The van der Waals surface area contributed by atoms with Crippen molar-refractivity contribution in [1.82, 2.24) is 4.90 Å². The van der Waals surface area contributed by atoms with Crippen molar-refractivity contribution in [2.24, 2.45) is 0 Å². The van der Waals surface area contributed by atoms with Crippen molar-refractivity contribution in [1.29, 1.82) is 0 Å². The number of hydrogen-bond donors (Lipinski definition) is 0. The van der Waals surface area contributed by atoms with Gasteiger partial charge in [0, 0.05) is 16.3 Å². The molecule has 0 unspecified atom stereocenters. The summed E-state index contributed by atoms with van der Waals surface area (Å²) in [5.41, 5.74) is 1.36. The number of rotatable bonds is 4. The molecule has 0 saturated heterocycles. The number of hydrogen-bond acceptors (Lipinski definition) is 2. The van der Waals surface area contributed by atoms with Gasteiger partial charge < -0.3 is 4.90 Å².